The molecule has 0 saturated carbocycles. The highest BCUT2D eigenvalue weighted by Crippen LogP contribution is 2.04. The molecule has 1 saturated heterocycles. The van der Waals surface area contributed by atoms with E-state index < -0.39 is 0 Å². The van der Waals surface area contributed by atoms with E-state index in [-0.39, 0.29) is 0 Å². The predicted molar refractivity (Wildman–Crippen MR) is 37.0 cm³/mol. The van der Waals surface area contributed by atoms with Crippen LogP contribution >= 0.6 is 12.0 Å². The van der Waals surface area contributed by atoms with Gasteiger partial charge in [0, 0.05) is 31.4 Å². The van der Waals surface area contributed by atoms with Gasteiger partial charge < -0.3 is 4.74 Å². The van der Waals surface area contributed by atoms with Gasteiger partial charge in [-0.15, -0.1) is 0 Å². The molecule has 1 rings (SSSR count). The van der Waals surface area contributed by atoms with Gasteiger partial charge in [0.1, 0.15) is 0 Å². The smallest absolute Gasteiger partial charge is 0.0617 e. The molecule has 0 aromatic rings. The van der Waals surface area contributed by atoms with E-state index in [0.717, 1.165) is 26.3 Å². The van der Waals surface area contributed by atoms with Gasteiger partial charge in [-0.05, 0) is 0 Å². The molecule has 4 heteroatoms. The molecule has 0 unspecified atom stereocenters. The maximum Gasteiger partial charge on any atom is 0.0617 e. The van der Waals surface area contributed by atoms with Gasteiger partial charge in [-0.3, -0.25) is 0 Å². The van der Waals surface area contributed by atoms with E-state index in [1.165, 1.54) is 12.0 Å². The number of hydrogen-bond donors (Lipinski definition) is 0. The lowest BCUT2D eigenvalue weighted by Crippen LogP contribution is -2.34. The number of hydroxylamine groups is 2. The van der Waals surface area contributed by atoms with Gasteiger partial charge in [0.15, 0.2) is 0 Å². The highest BCUT2D eigenvalue weighted by atomic mass is 32.2. The second-order valence-corrected chi connectivity index (χ2v) is 2.26. The van der Waals surface area contributed by atoms with E-state index in [1.54, 1.807) is 0 Å². The molecule has 54 valence electrons. The topological polar surface area (TPSA) is 21.7 Å². The zero-order valence-corrected chi connectivity index (χ0v) is 6.32. The van der Waals surface area contributed by atoms with Crippen molar-refractivity contribution in [2.75, 3.05) is 32.6 Å². The first-order valence-electron chi connectivity index (χ1n) is 2.97. The molecule has 0 radical (unpaired) electrons. The van der Waals surface area contributed by atoms with Crippen LogP contribution in [0.5, 0.6) is 0 Å². The molecule has 0 bridgehead atoms. The minimum atomic E-state index is 0.792. The number of rotatable bonds is 2. The molecule has 0 atom stereocenters. The second-order valence-electron chi connectivity index (χ2n) is 1.78. The molecule has 9 heavy (non-hydrogen) atoms. The van der Waals surface area contributed by atoms with E-state index in [1.807, 2.05) is 11.3 Å². The van der Waals surface area contributed by atoms with Crippen LogP contribution in [0.25, 0.3) is 0 Å². The van der Waals surface area contributed by atoms with Gasteiger partial charge in [0.05, 0.1) is 13.2 Å². The molecular formula is C5H11NO2S. The Morgan fingerprint density at radius 1 is 1.44 bits per heavy atom. The molecule has 1 heterocycles. The fraction of sp³-hybridized carbons (Fsp3) is 1.00. The fourth-order valence-corrected chi connectivity index (χ4v) is 1.09. The highest BCUT2D eigenvalue weighted by Gasteiger charge is 2.09. The Kier molecular flexibility index (Phi) is 3.35. The lowest BCUT2D eigenvalue weighted by molar-refractivity contribution is -0.104. The summed E-state index contributed by atoms with van der Waals surface area (Å²) in [4.78, 5) is 0. The van der Waals surface area contributed by atoms with Crippen LogP contribution in [0.3, 0.4) is 0 Å². The molecule has 0 amide bonds. The zero-order chi connectivity index (χ0) is 6.53. The average Bonchev–Trinajstić information content (AvgIpc) is 1.91. The summed E-state index contributed by atoms with van der Waals surface area (Å²) in [7, 11) is 0. The Bertz CT molecular complexity index is 72.6. The van der Waals surface area contributed by atoms with Crippen molar-refractivity contribution in [1.29, 1.82) is 0 Å². The summed E-state index contributed by atoms with van der Waals surface area (Å²) in [5.74, 6) is 0. The first kappa shape index (κ1) is 7.34. The van der Waals surface area contributed by atoms with Crippen LogP contribution in [0, 0.1) is 0 Å². The van der Waals surface area contributed by atoms with Gasteiger partial charge in [-0.2, -0.15) is 5.06 Å². The van der Waals surface area contributed by atoms with Crippen LogP contribution in [-0.2, 0) is 9.02 Å². The minimum absolute atomic E-state index is 0.792. The molecule has 0 aliphatic carbocycles. The molecule has 0 aromatic heterocycles. The summed E-state index contributed by atoms with van der Waals surface area (Å²) in [6, 6.07) is 0. The average molecular weight is 149 g/mol. The summed E-state index contributed by atoms with van der Waals surface area (Å²) in [5, 5.41) is 1.91. The highest BCUT2D eigenvalue weighted by molar-refractivity contribution is 7.93. The number of morpholine rings is 1. The molecule has 1 fully saturated rings. The maximum atomic E-state index is 5.15. The van der Waals surface area contributed by atoms with Crippen molar-refractivity contribution in [3.63, 3.8) is 0 Å². The van der Waals surface area contributed by atoms with Crippen LogP contribution in [0.4, 0.5) is 0 Å². The van der Waals surface area contributed by atoms with Crippen molar-refractivity contribution in [1.82, 2.24) is 5.06 Å². The van der Waals surface area contributed by atoms with Crippen molar-refractivity contribution in [2.45, 2.75) is 0 Å². The van der Waals surface area contributed by atoms with Crippen LogP contribution in [0.2, 0.25) is 0 Å². The van der Waals surface area contributed by atoms with E-state index in [2.05, 4.69) is 0 Å². The quantitative estimate of drug-likeness (QED) is 0.534. The molecule has 3 nitrogen and oxygen atoms in total. The van der Waals surface area contributed by atoms with Crippen LogP contribution < -0.4 is 0 Å². The van der Waals surface area contributed by atoms with Crippen LogP contribution in [0.15, 0.2) is 0 Å². The largest absolute Gasteiger partial charge is 0.379 e. The third kappa shape index (κ3) is 2.53. The van der Waals surface area contributed by atoms with Crippen molar-refractivity contribution in [3.05, 3.63) is 0 Å². The van der Waals surface area contributed by atoms with Crippen LogP contribution in [0.1, 0.15) is 0 Å². The first-order chi connectivity index (χ1) is 4.43. The molecular weight excluding hydrogens is 138 g/mol. The van der Waals surface area contributed by atoms with Crippen molar-refractivity contribution in [3.8, 4) is 0 Å². The van der Waals surface area contributed by atoms with E-state index >= 15 is 0 Å². The maximum absolute atomic E-state index is 5.15. The van der Waals surface area contributed by atoms with Gasteiger partial charge in [0.25, 0.3) is 0 Å². The van der Waals surface area contributed by atoms with Gasteiger partial charge in [-0.1, -0.05) is 0 Å². The first-order valence-corrected chi connectivity index (χ1v) is 4.12. The monoisotopic (exact) mass is 149 g/mol. The van der Waals surface area contributed by atoms with Crippen LogP contribution in [-0.4, -0.2) is 37.6 Å². The standard InChI is InChI=1S/C5H11NO2S/c1-9-8-6-2-4-7-5-3-6/h2-5H2,1H3. The Hall–Kier alpha value is 0.230. The molecule has 1 aliphatic heterocycles. The number of nitrogens with zero attached hydrogens (tertiary/aromatic N) is 1. The second kappa shape index (κ2) is 4.11. The summed E-state index contributed by atoms with van der Waals surface area (Å²) in [6.07, 6.45) is 1.91. The summed E-state index contributed by atoms with van der Waals surface area (Å²) < 4.78 is 10.3. The normalized spacial score (nSPS) is 22.3. The summed E-state index contributed by atoms with van der Waals surface area (Å²) >= 11 is 1.38. The Morgan fingerprint density at radius 3 is 2.67 bits per heavy atom. The Balaban J connectivity index is 2.08. The van der Waals surface area contributed by atoms with E-state index in [4.69, 9.17) is 9.02 Å². The van der Waals surface area contributed by atoms with Gasteiger partial charge in [-0.25, -0.2) is 4.28 Å². The number of ether oxygens (including phenoxy) is 1. The molecule has 1 aliphatic rings. The van der Waals surface area contributed by atoms with E-state index in [9.17, 15) is 0 Å². The van der Waals surface area contributed by atoms with Crippen molar-refractivity contribution in [2.24, 2.45) is 0 Å². The predicted octanol–water partition coefficient (Wildman–Crippen LogP) is 0.528. The summed E-state index contributed by atoms with van der Waals surface area (Å²) in [5.41, 5.74) is 0. The third-order valence-electron chi connectivity index (χ3n) is 1.15. The summed E-state index contributed by atoms with van der Waals surface area (Å²) in [6.45, 7) is 3.36. The zero-order valence-electron chi connectivity index (χ0n) is 5.50. The minimum Gasteiger partial charge on any atom is -0.379 e. The van der Waals surface area contributed by atoms with Crippen molar-refractivity contribution >= 4 is 12.0 Å². The van der Waals surface area contributed by atoms with Gasteiger partial charge >= 0.3 is 0 Å². The lowest BCUT2D eigenvalue weighted by Gasteiger charge is -2.23. The molecule has 0 spiro atoms. The molecule has 0 aromatic carbocycles. The Morgan fingerprint density at radius 2 is 2.11 bits per heavy atom. The van der Waals surface area contributed by atoms with Crippen molar-refractivity contribution < 1.29 is 9.02 Å². The van der Waals surface area contributed by atoms with Gasteiger partial charge in [0.2, 0.25) is 0 Å². The molecule has 0 N–H and O–H groups in total. The van der Waals surface area contributed by atoms with E-state index in [0.29, 0.717) is 0 Å². The SMILES string of the molecule is CSON1CCOCC1. The Labute approximate surface area is 59.5 Å². The fourth-order valence-electron chi connectivity index (χ4n) is 0.727. The lowest BCUT2D eigenvalue weighted by atomic mass is 10.5. The third-order valence-corrected chi connectivity index (χ3v) is 1.51. The number of hydrogen-bond acceptors (Lipinski definition) is 4.